The molecule has 4 atom stereocenters. The second-order valence-corrected chi connectivity index (χ2v) is 14.5. The second kappa shape index (κ2) is 9.62. The molecule has 2 aliphatic rings. The van der Waals surface area contributed by atoms with Crippen molar-refractivity contribution >= 4 is 30.6 Å². The van der Waals surface area contributed by atoms with Crippen molar-refractivity contribution in [3.8, 4) is 0 Å². The van der Waals surface area contributed by atoms with Gasteiger partial charge in [-0.1, -0.05) is 88.4 Å². The van der Waals surface area contributed by atoms with Gasteiger partial charge in [0.15, 0.2) is 0 Å². The van der Waals surface area contributed by atoms with Crippen LogP contribution in [0.2, 0.25) is 5.04 Å². The molecule has 34 heavy (non-hydrogen) atoms. The van der Waals surface area contributed by atoms with Crippen LogP contribution in [0.15, 0.2) is 60.7 Å². The van der Waals surface area contributed by atoms with Gasteiger partial charge in [0.05, 0.1) is 18.6 Å². The van der Waals surface area contributed by atoms with Crippen LogP contribution in [0.4, 0.5) is 4.79 Å². The summed E-state index contributed by atoms with van der Waals surface area (Å²) in [6, 6.07) is 20.1. The van der Waals surface area contributed by atoms with E-state index in [-0.39, 0.29) is 30.0 Å². The molecular weight excluding hydrogens is 448 g/mol. The quantitative estimate of drug-likeness (QED) is 0.617. The molecule has 7 nitrogen and oxygen atoms in total. The molecule has 0 radical (unpaired) electrons. The summed E-state index contributed by atoms with van der Waals surface area (Å²) < 4.78 is 13.3. The molecule has 2 aromatic rings. The molecule has 0 bridgehead atoms. The number of imide groups is 1. The third-order valence-electron chi connectivity index (χ3n) is 6.86. The van der Waals surface area contributed by atoms with Crippen LogP contribution in [0, 0.1) is 5.92 Å². The number of carbonyl (C=O) groups excluding carboxylic acids is 2. The highest BCUT2D eigenvalue weighted by Crippen LogP contribution is 2.40. The average molecular weight is 483 g/mol. The number of aliphatic hydroxyl groups is 1. The van der Waals surface area contributed by atoms with Crippen molar-refractivity contribution in [2.75, 3.05) is 13.2 Å². The lowest BCUT2D eigenvalue weighted by atomic mass is 10.1. The van der Waals surface area contributed by atoms with Gasteiger partial charge in [0.1, 0.15) is 12.3 Å². The summed E-state index contributed by atoms with van der Waals surface area (Å²) in [5.41, 5.74) is 0. The Hall–Kier alpha value is -2.52. The number of hydrogen-bond acceptors (Lipinski definition) is 5. The van der Waals surface area contributed by atoms with E-state index in [0.717, 1.165) is 10.4 Å². The zero-order valence-electron chi connectivity index (χ0n) is 20.2. The molecule has 2 aliphatic heterocycles. The lowest BCUT2D eigenvalue weighted by Crippen LogP contribution is -2.68. The Balaban J connectivity index is 1.71. The van der Waals surface area contributed by atoms with Gasteiger partial charge in [-0.2, -0.15) is 0 Å². The Morgan fingerprint density at radius 2 is 1.62 bits per heavy atom. The van der Waals surface area contributed by atoms with Crippen LogP contribution in [0.1, 0.15) is 34.1 Å². The molecule has 2 heterocycles. The number of carbonyl (C=O) groups is 2. The summed E-state index contributed by atoms with van der Waals surface area (Å²) in [5, 5.41) is 14.7. The number of nitrogens with one attached hydrogen (secondary N) is 1. The van der Waals surface area contributed by atoms with Crippen LogP contribution < -0.4 is 15.7 Å². The van der Waals surface area contributed by atoms with Crippen LogP contribution in [0.3, 0.4) is 0 Å². The van der Waals surface area contributed by atoms with Gasteiger partial charge in [0.2, 0.25) is 5.91 Å². The first-order valence-electron chi connectivity index (χ1n) is 11.8. The highest BCUT2D eigenvalue weighted by atomic mass is 28.4. The number of benzene rings is 2. The van der Waals surface area contributed by atoms with E-state index in [2.05, 4.69) is 50.4 Å². The molecule has 0 aromatic heterocycles. The van der Waals surface area contributed by atoms with E-state index in [4.69, 9.17) is 9.16 Å². The van der Waals surface area contributed by atoms with Crippen LogP contribution in [-0.4, -0.2) is 61.8 Å². The molecule has 3 amide bonds. The Morgan fingerprint density at radius 1 is 1.06 bits per heavy atom. The number of nitrogens with zero attached hydrogens (tertiary/aromatic N) is 1. The van der Waals surface area contributed by atoms with Gasteiger partial charge in [-0.05, 0) is 15.4 Å². The molecule has 2 aromatic carbocycles. The summed E-state index contributed by atoms with van der Waals surface area (Å²) in [6.45, 7) is 8.44. The van der Waals surface area contributed by atoms with Crippen molar-refractivity contribution in [2.24, 2.45) is 5.92 Å². The Labute approximate surface area is 202 Å². The van der Waals surface area contributed by atoms with Crippen molar-refractivity contribution in [1.29, 1.82) is 0 Å². The van der Waals surface area contributed by atoms with E-state index < -0.39 is 32.8 Å². The first-order chi connectivity index (χ1) is 16.2. The van der Waals surface area contributed by atoms with E-state index in [1.54, 1.807) is 11.8 Å². The van der Waals surface area contributed by atoms with E-state index in [0.29, 0.717) is 6.42 Å². The molecule has 2 saturated heterocycles. The first-order valence-corrected chi connectivity index (χ1v) is 13.7. The monoisotopic (exact) mass is 482 g/mol. The lowest BCUT2D eigenvalue weighted by molar-refractivity contribution is -0.128. The number of urea groups is 1. The molecule has 0 saturated carbocycles. The zero-order chi connectivity index (χ0) is 24.5. The predicted molar refractivity (Wildman–Crippen MR) is 132 cm³/mol. The Morgan fingerprint density at radius 3 is 2.12 bits per heavy atom. The smallest absolute Gasteiger partial charge is 0.326 e. The van der Waals surface area contributed by atoms with Crippen molar-refractivity contribution in [3.63, 3.8) is 0 Å². The lowest BCUT2D eigenvalue weighted by Gasteiger charge is -2.45. The van der Waals surface area contributed by atoms with Gasteiger partial charge in [0.25, 0.3) is 8.32 Å². The minimum atomic E-state index is -2.86. The van der Waals surface area contributed by atoms with Gasteiger partial charge in [0, 0.05) is 13.0 Å². The van der Waals surface area contributed by atoms with E-state index in [1.165, 1.54) is 0 Å². The maximum atomic E-state index is 12.5. The fourth-order valence-corrected chi connectivity index (χ4v) is 9.83. The fraction of sp³-hybridized carbons (Fsp3) is 0.462. The third kappa shape index (κ3) is 4.43. The van der Waals surface area contributed by atoms with Crippen molar-refractivity contribution in [3.05, 3.63) is 60.7 Å². The van der Waals surface area contributed by atoms with Gasteiger partial charge in [-0.25, -0.2) is 4.79 Å². The predicted octanol–water partition coefficient (Wildman–Crippen LogP) is 2.23. The van der Waals surface area contributed by atoms with E-state index in [9.17, 15) is 14.7 Å². The number of ether oxygens (including phenoxy) is 1. The molecule has 2 N–H and O–H groups in total. The molecule has 182 valence electrons. The normalized spacial score (nSPS) is 26.0. The number of aliphatic hydroxyl groups excluding tert-OH is 1. The summed E-state index contributed by atoms with van der Waals surface area (Å²) in [7, 11) is -2.86. The topological polar surface area (TPSA) is 88.1 Å². The molecule has 0 spiro atoms. The van der Waals surface area contributed by atoms with Crippen LogP contribution >= 0.6 is 0 Å². The number of hydrogen-bond donors (Lipinski definition) is 2. The van der Waals surface area contributed by atoms with Gasteiger partial charge < -0.3 is 14.3 Å². The largest absolute Gasteiger partial charge is 0.402 e. The first kappa shape index (κ1) is 24.6. The molecular formula is C26H34N2O5Si. The zero-order valence-corrected chi connectivity index (χ0v) is 21.2. The second-order valence-electron chi connectivity index (χ2n) is 10.2. The van der Waals surface area contributed by atoms with Crippen molar-refractivity contribution in [2.45, 2.75) is 57.6 Å². The van der Waals surface area contributed by atoms with Crippen molar-refractivity contribution in [1.82, 2.24) is 10.2 Å². The standard InChI is InChI=1S/C26H34N2O5Si/c1-18-16-28(25(31)27-24(18)30)23-15-21(22(17-29)32-23)33-34(26(2,3)4,19-11-7-5-8-12-19)20-13-9-6-10-14-20/h5-14,18,21-23,29H,15-17H2,1-4H3,(H,27,30,31). The van der Waals surface area contributed by atoms with Crippen LogP contribution in [0.5, 0.6) is 0 Å². The molecule has 4 rings (SSSR count). The summed E-state index contributed by atoms with van der Waals surface area (Å²) in [6.07, 6.45) is -1.14. The maximum absolute atomic E-state index is 12.5. The van der Waals surface area contributed by atoms with Crippen LogP contribution in [-0.2, 0) is 14.0 Å². The minimum Gasteiger partial charge on any atom is -0.402 e. The number of rotatable bonds is 6. The van der Waals surface area contributed by atoms with Crippen molar-refractivity contribution < 1.29 is 23.9 Å². The minimum absolute atomic E-state index is 0.219. The highest BCUT2D eigenvalue weighted by Gasteiger charge is 2.54. The molecule has 0 aliphatic carbocycles. The van der Waals surface area contributed by atoms with Gasteiger partial charge in [-0.3, -0.25) is 15.0 Å². The summed E-state index contributed by atoms with van der Waals surface area (Å²) >= 11 is 0. The van der Waals surface area contributed by atoms with Gasteiger partial charge in [-0.15, -0.1) is 0 Å². The molecule has 8 heteroatoms. The number of amides is 3. The van der Waals surface area contributed by atoms with E-state index in [1.807, 2.05) is 36.4 Å². The average Bonchev–Trinajstić information content (AvgIpc) is 3.22. The SMILES string of the molecule is CC1CN(C2CC(O[Si](c3ccccc3)(c3ccccc3)C(C)(C)C)C(CO)O2)C(=O)NC1=O. The highest BCUT2D eigenvalue weighted by molar-refractivity contribution is 6.99. The van der Waals surface area contributed by atoms with E-state index >= 15 is 0 Å². The molecule has 4 unspecified atom stereocenters. The molecule has 2 fully saturated rings. The summed E-state index contributed by atoms with van der Waals surface area (Å²) in [5.74, 6) is -0.608. The third-order valence-corrected chi connectivity index (χ3v) is 11.9. The Bertz CT molecular complexity index is 971. The fourth-order valence-electron chi connectivity index (χ4n) is 5.11. The van der Waals surface area contributed by atoms with Gasteiger partial charge >= 0.3 is 6.03 Å². The summed E-state index contributed by atoms with van der Waals surface area (Å²) in [4.78, 5) is 26.0. The van der Waals surface area contributed by atoms with Crippen LogP contribution in [0.25, 0.3) is 0 Å². The Kier molecular flexibility index (Phi) is 6.96. The maximum Gasteiger partial charge on any atom is 0.326 e.